The molecule has 1 aliphatic rings. The zero-order valence-electron chi connectivity index (χ0n) is 7.66. The molecular formula is C8H15N5. The van der Waals surface area contributed by atoms with Gasteiger partial charge in [-0.1, -0.05) is 18.1 Å². The van der Waals surface area contributed by atoms with Gasteiger partial charge in [-0.3, -0.25) is 0 Å². The van der Waals surface area contributed by atoms with Crippen LogP contribution in [0.2, 0.25) is 0 Å². The SMILES string of the molecule is C1CCC(NCCc2nn[nH]n2)C1. The molecule has 2 N–H and O–H groups in total. The summed E-state index contributed by atoms with van der Waals surface area (Å²) in [7, 11) is 0. The van der Waals surface area contributed by atoms with Crippen LogP contribution in [0.4, 0.5) is 0 Å². The fourth-order valence-corrected chi connectivity index (χ4v) is 1.81. The van der Waals surface area contributed by atoms with Crippen LogP contribution in [0.15, 0.2) is 0 Å². The number of aromatic nitrogens is 4. The van der Waals surface area contributed by atoms with Crippen LogP contribution in [0.3, 0.4) is 0 Å². The summed E-state index contributed by atoms with van der Waals surface area (Å²) in [5.74, 6) is 0.797. The van der Waals surface area contributed by atoms with Gasteiger partial charge >= 0.3 is 0 Å². The van der Waals surface area contributed by atoms with E-state index < -0.39 is 0 Å². The molecule has 13 heavy (non-hydrogen) atoms. The first-order chi connectivity index (χ1) is 6.45. The van der Waals surface area contributed by atoms with Crippen LogP contribution in [-0.2, 0) is 6.42 Å². The zero-order chi connectivity index (χ0) is 8.93. The number of tetrazole rings is 1. The fourth-order valence-electron chi connectivity index (χ4n) is 1.81. The second-order valence-corrected chi connectivity index (χ2v) is 3.51. The van der Waals surface area contributed by atoms with Gasteiger partial charge in [-0.2, -0.15) is 5.21 Å². The average molecular weight is 181 g/mol. The Labute approximate surface area is 77.3 Å². The van der Waals surface area contributed by atoms with E-state index in [1.807, 2.05) is 0 Å². The number of nitrogens with one attached hydrogen (secondary N) is 2. The summed E-state index contributed by atoms with van der Waals surface area (Å²) in [6, 6.07) is 0.729. The average Bonchev–Trinajstić information content (AvgIpc) is 2.75. The van der Waals surface area contributed by atoms with E-state index in [9.17, 15) is 0 Å². The first-order valence-corrected chi connectivity index (χ1v) is 4.91. The molecule has 1 saturated carbocycles. The third-order valence-corrected chi connectivity index (χ3v) is 2.53. The van der Waals surface area contributed by atoms with Gasteiger partial charge in [0.25, 0.3) is 0 Å². The smallest absolute Gasteiger partial charge is 0.175 e. The number of H-pyrrole nitrogens is 1. The minimum absolute atomic E-state index is 0.729. The van der Waals surface area contributed by atoms with E-state index >= 15 is 0 Å². The first-order valence-electron chi connectivity index (χ1n) is 4.91. The Kier molecular flexibility index (Phi) is 2.86. The lowest BCUT2D eigenvalue weighted by molar-refractivity contribution is 0.523. The van der Waals surface area contributed by atoms with Crippen molar-refractivity contribution in [2.45, 2.75) is 38.1 Å². The molecular weight excluding hydrogens is 166 g/mol. The molecule has 5 nitrogen and oxygen atoms in total. The predicted octanol–water partition coefficient (Wildman–Crippen LogP) is 0.274. The van der Waals surface area contributed by atoms with E-state index in [4.69, 9.17) is 0 Å². The van der Waals surface area contributed by atoms with Crippen LogP contribution in [0.1, 0.15) is 31.5 Å². The molecule has 1 aliphatic carbocycles. The van der Waals surface area contributed by atoms with E-state index in [1.54, 1.807) is 0 Å². The summed E-state index contributed by atoms with van der Waals surface area (Å²) >= 11 is 0. The van der Waals surface area contributed by atoms with Gasteiger partial charge in [-0.25, -0.2) is 0 Å². The first kappa shape index (κ1) is 8.62. The Morgan fingerprint density at radius 3 is 2.92 bits per heavy atom. The fraction of sp³-hybridized carbons (Fsp3) is 0.875. The highest BCUT2D eigenvalue weighted by atomic mass is 15.5. The van der Waals surface area contributed by atoms with Crippen LogP contribution in [0.5, 0.6) is 0 Å². The highest BCUT2D eigenvalue weighted by Crippen LogP contribution is 2.17. The third-order valence-electron chi connectivity index (χ3n) is 2.53. The molecule has 1 aromatic heterocycles. The Morgan fingerprint density at radius 1 is 1.38 bits per heavy atom. The Morgan fingerprint density at radius 2 is 2.23 bits per heavy atom. The number of rotatable bonds is 4. The molecule has 0 spiro atoms. The van der Waals surface area contributed by atoms with E-state index in [0.29, 0.717) is 0 Å². The summed E-state index contributed by atoms with van der Waals surface area (Å²) in [4.78, 5) is 0. The molecule has 1 heterocycles. The maximum Gasteiger partial charge on any atom is 0.175 e. The quantitative estimate of drug-likeness (QED) is 0.700. The van der Waals surface area contributed by atoms with Crippen LogP contribution in [0, 0.1) is 0 Å². The minimum atomic E-state index is 0.729. The normalized spacial score (nSPS) is 18.2. The molecule has 0 unspecified atom stereocenters. The van der Waals surface area contributed by atoms with Crippen molar-refractivity contribution >= 4 is 0 Å². The maximum absolute atomic E-state index is 3.89. The van der Waals surface area contributed by atoms with Crippen molar-refractivity contribution in [2.24, 2.45) is 0 Å². The summed E-state index contributed by atoms with van der Waals surface area (Å²) in [6.07, 6.45) is 6.27. The second-order valence-electron chi connectivity index (χ2n) is 3.51. The van der Waals surface area contributed by atoms with Crippen molar-refractivity contribution in [3.05, 3.63) is 5.82 Å². The summed E-state index contributed by atoms with van der Waals surface area (Å²) in [6.45, 7) is 0.962. The van der Waals surface area contributed by atoms with E-state index in [0.717, 1.165) is 24.8 Å². The molecule has 0 aliphatic heterocycles. The minimum Gasteiger partial charge on any atom is -0.314 e. The predicted molar refractivity (Wildman–Crippen MR) is 48.1 cm³/mol. The van der Waals surface area contributed by atoms with E-state index in [1.165, 1.54) is 25.7 Å². The lowest BCUT2D eigenvalue weighted by atomic mass is 10.2. The molecule has 0 amide bonds. The molecule has 1 aromatic rings. The molecule has 5 heteroatoms. The van der Waals surface area contributed by atoms with Crippen molar-refractivity contribution in [2.75, 3.05) is 6.54 Å². The van der Waals surface area contributed by atoms with Gasteiger partial charge in [0.1, 0.15) is 0 Å². The number of aromatic amines is 1. The van der Waals surface area contributed by atoms with Crippen LogP contribution >= 0.6 is 0 Å². The van der Waals surface area contributed by atoms with E-state index in [-0.39, 0.29) is 0 Å². The molecule has 0 saturated heterocycles. The van der Waals surface area contributed by atoms with Crippen LogP contribution in [-0.4, -0.2) is 33.2 Å². The number of hydrogen-bond donors (Lipinski definition) is 2. The maximum atomic E-state index is 3.89. The van der Waals surface area contributed by atoms with Crippen molar-refractivity contribution in [1.29, 1.82) is 0 Å². The van der Waals surface area contributed by atoms with Gasteiger partial charge in [-0.15, -0.1) is 10.2 Å². The zero-order valence-corrected chi connectivity index (χ0v) is 7.66. The monoisotopic (exact) mass is 181 g/mol. The topological polar surface area (TPSA) is 66.5 Å². The summed E-state index contributed by atoms with van der Waals surface area (Å²) in [5.41, 5.74) is 0. The Hall–Kier alpha value is -0.970. The van der Waals surface area contributed by atoms with Crippen LogP contribution in [0.25, 0.3) is 0 Å². The second kappa shape index (κ2) is 4.32. The molecule has 1 fully saturated rings. The Bertz CT molecular complexity index is 227. The lowest BCUT2D eigenvalue weighted by Crippen LogP contribution is -2.28. The third kappa shape index (κ3) is 2.48. The van der Waals surface area contributed by atoms with Crippen molar-refractivity contribution in [3.63, 3.8) is 0 Å². The Balaban J connectivity index is 1.63. The number of nitrogens with zero attached hydrogens (tertiary/aromatic N) is 3. The van der Waals surface area contributed by atoms with Gasteiger partial charge in [0.05, 0.1) is 0 Å². The van der Waals surface area contributed by atoms with Gasteiger partial charge in [-0.05, 0) is 12.8 Å². The highest BCUT2D eigenvalue weighted by molar-refractivity contribution is 4.79. The van der Waals surface area contributed by atoms with Gasteiger partial charge in [0, 0.05) is 19.0 Å². The highest BCUT2D eigenvalue weighted by Gasteiger charge is 2.13. The van der Waals surface area contributed by atoms with E-state index in [2.05, 4.69) is 25.9 Å². The van der Waals surface area contributed by atoms with Gasteiger partial charge in [0.2, 0.25) is 0 Å². The standard InChI is InChI=1S/C8H15N5/c1-2-4-7(3-1)9-6-5-8-10-12-13-11-8/h7,9H,1-6H2,(H,10,11,12,13). The van der Waals surface area contributed by atoms with Crippen molar-refractivity contribution in [1.82, 2.24) is 25.9 Å². The number of hydrogen-bond acceptors (Lipinski definition) is 4. The molecule has 0 radical (unpaired) electrons. The van der Waals surface area contributed by atoms with Gasteiger partial charge in [0.15, 0.2) is 5.82 Å². The molecule has 2 rings (SSSR count). The summed E-state index contributed by atoms with van der Waals surface area (Å²) < 4.78 is 0. The molecule has 0 atom stereocenters. The molecule has 0 bridgehead atoms. The lowest BCUT2D eigenvalue weighted by Gasteiger charge is -2.09. The molecule has 0 aromatic carbocycles. The largest absolute Gasteiger partial charge is 0.314 e. The van der Waals surface area contributed by atoms with Crippen LogP contribution < -0.4 is 5.32 Å². The molecule has 72 valence electrons. The van der Waals surface area contributed by atoms with Crippen molar-refractivity contribution < 1.29 is 0 Å². The summed E-state index contributed by atoms with van der Waals surface area (Å²) in [5, 5.41) is 17.2. The van der Waals surface area contributed by atoms with Crippen molar-refractivity contribution in [3.8, 4) is 0 Å². The van der Waals surface area contributed by atoms with Gasteiger partial charge < -0.3 is 5.32 Å².